The highest BCUT2D eigenvalue weighted by molar-refractivity contribution is 5.13. The molecule has 2 nitrogen and oxygen atoms in total. The van der Waals surface area contributed by atoms with E-state index in [1.54, 1.807) is 13.0 Å². The molecule has 0 aliphatic rings. The lowest BCUT2D eigenvalue weighted by Gasteiger charge is -1.87. The SMILES string of the molecule is C=c1cc(C)c(=O)oc1=C. The normalized spacial score (nSPS) is 9.70. The Morgan fingerprint density at radius 2 is 2.10 bits per heavy atom. The molecule has 0 amide bonds. The van der Waals surface area contributed by atoms with Gasteiger partial charge in [0.15, 0.2) is 0 Å². The predicted molar refractivity (Wildman–Crippen MR) is 40.0 cm³/mol. The fourth-order valence-electron chi connectivity index (χ4n) is 0.659. The molecule has 1 rings (SSSR count). The van der Waals surface area contributed by atoms with Crippen LogP contribution in [0.1, 0.15) is 5.56 Å². The van der Waals surface area contributed by atoms with Crippen molar-refractivity contribution in [3.8, 4) is 0 Å². The Kier molecular flexibility index (Phi) is 1.45. The van der Waals surface area contributed by atoms with E-state index in [-0.39, 0.29) is 5.63 Å². The molecule has 1 aromatic heterocycles. The zero-order chi connectivity index (χ0) is 7.72. The number of hydrogen-bond donors (Lipinski definition) is 0. The summed E-state index contributed by atoms with van der Waals surface area (Å²) in [5.74, 6) is 0. The van der Waals surface area contributed by atoms with E-state index in [1.807, 2.05) is 0 Å². The Bertz CT molecular complexity index is 387. The van der Waals surface area contributed by atoms with E-state index >= 15 is 0 Å². The summed E-state index contributed by atoms with van der Waals surface area (Å²) < 4.78 is 4.71. The minimum atomic E-state index is -0.336. The molecule has 1 aromatic rings. The van der Waals surface area contributed by atoms with Gasteiger partial charge < -0.3 is 4.42 Å². The van der Waals surface area contributed by atoms with Crippen molar-refractivity contribution in [1.29, 1.82) is 0 Å². The topological polar surface area (TPSA) is 30.2 Å². The van der Waals surface area contributed by atoms with Gasteiger partial charge in [-0.25, -0.2) is 4.79 Å². The molecule has 0 aliphatic carbocycles. The van der Waals surface area contributed by atoms with Crippen molar-refractivity contribution >= 4 is 13.2 Å². The van der Waals surface area contributed by atoms with Gasteiger partial charge in [0.05, 0.1) is 0 Å². The molecule has 0 aliphatic heterocycles. The van der Waals surface area contributed by atoms with Crippen molar-refractivity contribution < 1.29 is 4.42 Å². The van der Waals surface area contributed by atoms with Gasteiger partial charge in [0.1, 0.15) is 5.42 Å². The fraction of sp³-hybridized carbons (Fsp3) is 0.125. The first-order chi connectivity index (χ1) is 4.61. The Labute approximate surface area is 58.1 Å². The minimum absolute atomic E-state index is 0.336. The summed E-state index contributed by atoms with van der Waals surface area (Å²) in [6, 6.07) is 1.66. The highest BCUT2D eigenvalue weighted by atomic mass is 16.4. The summed E-state index contributed by atoms with van der Waals surface area (Å²) in [6.45, 7) is 8.80. The van der Waals surface area contributed by atoms with E-state index in [9.17, 15) is 4.79 Å². The molecule has 1 heterocycles. The van der Waals surface area contributed by atoms with Gasteiger partial charge in [-0.1, -0.05) is 13.2 Å². The summed E-state index contributed by atoms with van der Waals surface area (Å²) in [6.07, 6.45) is 0. The van der Waals surface area contributed by atoms with Crippen LogP contribution in [0.3, 0.4) is 0 Å². The van der Waals surface area contributed by atoms with E-state index < -0.39 is 0 Å². The molecule has 0 unspecified atom stereocenters. The molecule has 0 saturated carbocycles. The maximum Gasteiger partial charge on any atom is 0.339 e. The van der Waals surface area contributed by atoms with Crippen molar-refractivity contribution in [2.75, 3.05) is 0 Å². The van der Waals surface area contributed by atoms with Crippen molar-refractivity contribution in [3.63, 3.8) is 0 Å². The summed E-state index contributed by atoms with van der Waals surface area (Å²) in [5, 5.41) is 0.664. The lowest BCUT2D eigenvalue weighted by atomic mass is 10.3. The van der Waals surface area contributed by atoms with E-state index in [0.717, 1.165) is 0 Å². The molecular formula is C8H8O2. The highest BCUT2D eigenvalue weighted by Crippen LogP contribution is 1.74. The van der Waals surface area contributed by atoms with Gasteiger partial charge in [-0.3, -0.25) is 0 Å². The van der Waals surface area contributed by atoms with Crippen molar-refractivity contribution in [3.05, 3.63) is 32.7 Å². The first-order valence-electron chi connectivity index (χ1n) is 2.90. The average molecular weight is 136 g/mol. The van der Waals surface area contributed by atoms with E-state index in [1.165, 1.54) is 0 Å². The Morgan fingerprint density at radius 1 is 1.50 bits per heavy atom. The third-order valence-electron chi connectivity index (χ3n) is 1.29. The van der Waals surface area contributed by atoms with Crippen molar-refractivity contribution in [1.82, 2.24) is 0 Å². The largest absolute Gasteiger partial charge is 0.423 e. The Morgan fingerprint density at radius 3 is 2.60 bits per heavy atom. The van der Waals surface area contributed by atoms with Crippen molar-refractivity contribution in [2.45, 2.75) is 6.92 Å². The molecule has 52 valence electrons. The first-order valence-corrected chi connectivity index (χ1v) is 2.90. The molecule has 0 saturated heterocycles. The standard InChI is InChI=1S/C8H8O2/c1-5-4-6(2)8(9)10-7(5)3/h4H,1,3H2,2H3. The Balaban J connectivity index is 3.76. The molecule has 0 atom stereocenters. The van der Waals surface area contributed by atoms with Crippen LogP contribution in [0, 0.1) is 6.92 Å². The Hall–Kier alpha value is -1.31. The number of aryl methyl sites for hydroxylation is 1. The lowest BCUT2D eigenvalue weighted by molar-refractivity contribution is 0.470. The lowest BCUT2D eigenvalue weighted by Crippen LogP contribution is -2.27. The molecule has 0 bridgehead atoms. The minimum Gasteiger partial charge on any atom is -0.423 e. The van der Waals surface area contributed by atoms with Crippen LogP contribution in [0.2, 0.25) is 0 Å². The van der Waals surface area contributed by atoms with Crippen LogP contribution < -0.4 is 16.3 Å². The zero-order valence-corrected chi connectivity index (χ0v) is 5.81. The van der Waals surface area contributed by atoms with E-state index in [0.29, 0.717) is 16.2 Å². The van der Waals surface area contributed by atoms with E-state index in [4.69, 9.17) is 4.42 Å². The number of hydrogen-bond acceptors (Lipinski definition) is 2. The summed E-state index contributed by atoms with van der Waals surface area (Å²) >= 11 is 0. The average Bonchev–Trinajstić information content (AvgIpc) is 1.84. The zero-order valence-electron chi connectivity index (χ0n) is 5.81. The van der Waals surface area contributed by atoms with Crippen LogP contribution in [0.4, 0.5) is 0 Å². The van der Waals surface area contributed by atoms with Gasteiger partial charge in [-0.05, 0) is 13.0 Å². The van der Waals surface area contributed by atoms with Gasteiger partial charge in [-0.2, -0.15) is 0 Å². The molecule has 10 heavy (non-hydrogen) atoms. The molecule has 0 N–H and O–H groups in total. The van der Waals surface area contributed by atoms with Crippen LogP contribution in [0.25, 0.3) is 13.2 Å². The summed E-state index contributed by atoms with van der Waals surface area (Å²) in [5.41, 5.74) is 0.574. The molecule has 0 aromatic carbocycles. The first kappa shape index (κ1) is 6.81. The summed E-state index contributed by atoms with van der Waals surface area (Å²) in [4.78, 5) is 10.8. The summed E-state index contributed by atoms with van der Waals surface area (Å²) in [7, 11) is 0. The molecule has 0 fully saturated rings. The fourth-order valence-corrected chi connectivity index (χ4v) is 0.659. The second kappa shape index (κ2) is 2.14. The molecule has 0 radical (unpaired) electrons. The second-order valence-corrected chi connectivity index (χ2v) is 2.17. The molecule has 2 heteroatoms. The maximum atomic E-state index is 10.8. The second-order valence-electron chi connectivity index (χ2n) is 2.17. The number of rotatable bonds is 0. The maximum absolute atomic E-state index is 10.8. The van der Waals surface area contributed by atoms with Gasteiger partial charge in [-0.15, -0.1) is 0 Å². The van der Waals surface area contributed by atoms with Crippen LogP contribution >= 0.6 is 0 Å². The van der Waals surface area contributed by atoms with Gasteiger partial charge in [0, 0.05) is 10.8 Å². The third kappa shape index (κ3) is 1.00. The van der Waals surface area contributed by atoms with Crippen LogP contribution in [0.5, 0.6) is 0 Å². The molecular weight excluding hydrogens is 128 g/mol. The van der Waals surface area contributed by atoms with Crippen molar-refractivity contribution in [2.24, 2.45) is 0 Å². The van der Waals surface area contributed by atoms with Crippen LogP contribution in [0.15, 0.2) is 15.3 Å². The van der Waals surface area contributed by atoms with Gasteiger partial charge in [0.2, 0.25) is 0 Å². The highest BCUT2D eigenvalue weighted by Gasteiger charge is 1.91. The van der Waals surface area contributed by atoms with Gasteiger partial charge in [0.25, 0.3) is 0 Å². The third-order valence-corrected chi connectivity index (χ3v) is 1.29. The monoisotopic (exact) mass is 136 g/mol. The molecule has 0 spiro atoms. The predicted octanol–water partition coefficient (Wildman–Crippen LogP) is -0.231. The smallest absolute Gasteiger partial charge is 0.339 e. The van der Waals surface area contributed by atoms with Gasteiger partial charge >= 0.3 is 5.63 Å². The van der Waals surface area contributed by atoms with Crippen LogP contribution in [-0.2, 0) is 0 Å². The quantitative estimate of drug-likeness (QED) is 0.493. The van der Waals surface area contributed by atoms with E-state index in [2.05, 4.69) is 13.2 Å². The van der Waals surface area contributed by atoms with Crippen LogP contribution in [-0.4, -0.2) is 0 Å².